The van der Waals surface area contributed by atoms with Crippen molar-refractivity contribution in [3.05, 3.63) is 64.4 Å². The summed E-state index contributed by atoms with van der Waals surface area (Å²) in [4.78, 5) is 13.7. The Hall–Kier alpha value is -2.17. The van der Waals surface area contributed by atoms with Gasteiger partial charge in [-0.05, 0) is 42.3 Å². The van der Waals surface area contributed by atoms with E-state index < -0.39 is 38.4 Å². The fourth-order valence-electron chi connectivity index (χ4n) is 3.55. The third-order valence-electron chi connectivity index (χ3n) is 5.31. The molecule has 1 aliphatic heterocycles. The Morgan fingerprint density at radius 3 is 2.22 bits per heavy atom. The first kappa shape index (κ1) is 24.5. The summed E-state index contributed by atoms with van der Waals surface area (Å²) < 4.78 is 78.7. The molecule has 1 aliphatic rings. The van der Waals surface area contributed by atoms with Gasteiger partial charge in [-0.3, -0.25) is 4.79 Å². The second kappa shape index (κ2) is 9.36. The number of alkyl halides is 3. The molecule has 1 fully saturated rings. The number of carbonyl (C=O) groups excluding carboxylic acids is 1. The Labute approximate surface area is 188 Å². The minimum Gasteiger partial charge on any atom is -0.340 e. The molecule has 1 unspecified atom stereocenters. The maximum absolute atomic E-state index is 14.0. The maximum Gasteiger partial charge on any atom is 0.416 e. The minimum absolute atomic E-state index is 0.00692. The molecule has 5 nitrogen and oxygen atoms in total. The fraction of sp³-hybridized carbons (Fsp3) is 0.381. The van der Waals surface area contributed by atoms with Crippen LogP contribution in [0.1, 0.15) is 18.1 Å². The van der Waals surface area contributed by atoms with Gasteiger partial charge in [-0.15, -0.1) is 0 Å². The molecule has 3 rings (SSSR count). The molecule has 0 N–H and O–H groups in total. The predicted molar refractivity (Wildman–Crippen MR) is 111 cm³/mol. The Morgan fingerprint density at radius 2 is 1.66 bits per heavy atom. The molecule has 0 aliphatic carbocycles. The topological polar surface area (TPSA) is 57.7 Å². The van der Waals surface area contributed by atoms with Crippen LogP contribution in [0.4, 0.5) is 17.6 Å². The summed E-state index contributed by atoms with van der Waals surface area (Å²) in [5, 5.41) is 0.0934. The van der Waals surface area contributed by atoms with Crippen LogP contribution in [0, 0.1) is 11.7 Å². The van der Waals surface area contributed by atoms with E-state index in [0.29, 0.717) is 5.56 Å². The van der Waals surface area contributed by atoms with Crippen LogP contribution in [0.2, 0.25) is 5.02 Å². The zero-order chi connectivity index (χ0) is 23.7. The molecule has 0 aromatic heterocycles. The van der Waals surface area contributed by atoms with Crippen molar-refractivity contribution in [3.63, 3.8) is 0 Å². The van der Waals surface area contributed by atoms with Gasteiger partial charge in [-0.2, -0.15) is 17.5 Å². The molecule has 0 radical (unpaired) electrons. The van der Waals surface area contributed by atoms with Gasteiger partial charge in [-0.1, -0.05) is 30.7 Å². The molecule has 1 amide bonds. The largest absolute Gasteiger partial charge is 0.416 e. The summed E-state index contributed by atoms with van der Waals surface area (Å²) in [7, 11) is -4.11. The summed E-state index contributed by atoms with van der Waals surface area (Å²) in [6, 6.07) is 7.93. The summed E-state index contributed by atoms with van der Waals surface area (Å²) >= 11 is 5.80. The Kier molecular flexibility index (Phi) is 7.16. The molecular weight excluding hydrogens is 472 g/mol. The van der Waals surface area contributed by atoms with E-state index >= 15 is 0 Å². The zero-order valence-corrected chi connectivity index (χ0v) is 18.6. The number of hydrogen-bond acceptors (Lipinski definition) is 3. The fourth-order valence-corrected chi connectivity index (χ4v) is 5.29. The molecule has 0 saturated carbocycles. The summed E-state index contributed by atoms with van der Waals surface area (Å²) in [6.07, 6.45) is -4.17. The number of piperazine rings is 1. The van der Waals surface area contributed by atoms with Crippen LogP contribution >= 0.6 is 11.6 Å². The van der Waals surface area contributed by atoms with Gasteiger partial charge in [0.15, 0.2) is 0 Å². The van der Waals surface area contributed by atoms with E-state index in [-0.39, 0.29) is 43.5 Å². The number of hydrogen-bond donors (Lipinski definition) is 0. The lowest BCUT2D eigenvalue weighted by atomic mass is 9.98. The number of sulfonamides is 1. The van der Waals surface area contributed by atoms with Crippen LogP contribution in [0.25, 0.3) is 0 Å². The van der Waals surface area contributed by atoms with Gasteiger partial charge in [0.05, 0.1) is 5.56 Å². The first-order valence-electron chi connectivity index (χ1n) is 9.79. The molecule has 1 atom stereocenters. The smallest absolute Gasteiger partial charge is 0.340 e. The highest BCUT2D eigenvalue weighted by molar-refractivity contribution is 7.89. The van der Waals surface area contributed by atoms with Crippen LogP contribution in [0.15, 0.2) is 47.4 Å². The third kappa shape index (κ3) is 5.41. The Morgan fingerprint density at radius 1 is 1.06 bits per heavy atom. The van der Waals surface area contributed by atoms with E-state index in [4.69, 9.17) is 11.6 Å². The number of benzene rings is 2. The van der Waals surface area contributed by atoms with Gasteiger partial charge >= 0.3 is 6.18 Å². The average Bonchev–Trinajstić information content (AvgIpc) is 2.74. The molecule has 174 valence electrons. The highest BCUT2D eigenvalue weighted by atomic mass is 35.5. The number of rotatable bonds is 5. The van der Waals surface area contributed by atoms with Crippen molar-refractivity contribution in [2.24, 2.45) is 5.92 Å². The van der Waals surface area contributed by atoms with E-state index in [1.807, 2.05) is 0 Å². The number of amides is 1. The summed E-state index contributed by atoms with van der Waals surface area (Å²) in [5.74, 6) is -1.63. The summed E-state index contributed by atoms with van der Waals surface area (Å²) in [6.45, 7) is 1.90. The van der Waals surface area contributed by atoms with Crippen LogP contribution in [0.3, 0.4) is 0 Å². The monoisotopic (exact) mass is 492 g/mol. The average molecular weight is 493 g/mol. The second-order valence-electron chi connectivity index (χ2n) is 7.60. The lowest BCUT2D eigenvalue weighted by Gasteiger charge is -2.35. The van der Waals surface area contributed by atoms with Gasteiger partial charge in [0.1, 0.15) is 10.7 Å². The van der Waals surface area contributed by atoms with E-state index in [2.05, 4.69) is 0 Å². The molecule has 0 spiro atoms. The number of carbonyl (C=O) groups is 1. The van der Waals surface area contributed by atoms with Crippen molar-refractivity contribution in [1.82, 2.24) is 9.21 Å². The third-order valence-corrected chi connectivity index (χ3v) is 7.45. The molecule has 0 bridgehead atoms. The standard InChI is InChI=1S/C21H21ClF4N2O3S/c1-14(12-15-2-4-16(5-3-15)21(24,25)26)20(29)27-8-10-28(11-9-27)32(30,31)19-13-17(22)6-7-18(19)23/h2-7,13-14H,8-12H2,1H3. The highest BCUT2D eigenvalue weighted by Crippen LogP contribution is 2.29. The first-order valence-corrected chi connectivity index (χ1v) is 11.6. The molecule has 2 aromatic carbocycles. The van der Waals surface area contributed by atoms with Crippen LogP contribution in [0.5, 0.6) is 0 Å². The van der Waals surface area contributed by atoms with Crippen LogP contribution in [-0.2, 0) is 27.4 Å². The SMILES string of the molecule is CC(Cc1ccc(C(F)(F)F)cc1)C(=O)N1CCN(S(=O)(=O)c2cc(Cl)ccc2F)CC1. The molecule has 1 saturated heterocycles. The van der Waals surface area contributed by atoms with E-state index in [0.717, 1.165) is 28.6 Å². The van der Waals surface area contributed by atoms with Crippen molar-refractivity contribution in [1.29, 1.82) is 0 Å². The van der Waals surface area contributed by atoms with Gasteiger partial charge in [0.25, 0.3) is 0 Å². The molecular formula is C21H21ClF4N2O3S. The number of nitrogens with zero attached hydrogens (tertiary/aromatic N) is 2. The van der Waals surface area contributed by atoms with Gasteiger partial charge in [0, 0.05) is 37.1 Å². The Balaban J connectivity index is 1.60. The highest BCUT2D eigenvalue weighted by Gasteiger charge is 2.33. The van der Waals surface area contributed by atoms with E-state index in [9.17, 15) is 30.8 Å². The molecule has 11 heteroatoms. The maximum atomic E-state index is 14.0. The number of halogens is 5. The summed E-state index contributed by atoms with van der Waals surface area (Å²) in [5.41, 5.74) is -0.162. The van der Waals surface area contributed by atoms with Crippen LogP contribution in [-0.4, -0.2) is 49.7 Å². The van der Waals surface area contributed by atoms with Crippen molar-refractivity contribution in [2.75, 3.05) is 26.2 Å². The Bertz CT molecular complexity index is 1080. The minimum atomic E-state index is -4.42. The predicted octanol–water partition coefficient (Wildman–Crippen LogP) is 4.21. The van der Waals surface area contributed by atoms with E-state index in [1.165, 1.54) is 23.1 Å². The second-order valence-corrected chi connectivity index (χ2v) is 9.95. The molecule has 32 heavy (non-hydrogen) atoms. The van der Waals surface area contributed by atoms with Crippen molar-refractivity contribution in [3.8, 4) is 0 Å². The van der Waals surface area contributed by atoms with Crippen molar-refractivity contribution < 1.29 is 30.8 Å². The van der Waals surface area contributed by atoms with Crippen molar-refractivity contribution in [2.45, 2.75) is 24.4 Å². The lowest BCUT2D eigenvalue weighted by Crippen LogP contribution is -2.51. The quantitative estimate of drug-likeness (QED) is 0.588. The zero-order valence-electron chi connectivity index (χ0n) is 17.1. The van der Waals surface area contributed by atoms with Gasteiger partial charge in [-0.25, -0.2) is 12.8 Å². The molecule has 2 aromatic rings. The van der Waals surface area contributed by atoms with Crippen LogP contribution < -0.4 is 0 Å². The van der Waals surface area contributed by atoms with Gasteiger partial charge in [0.2, 0.25) is 15.9 Å². The molecule has 1 heterocycles. The van der Waals surface area contributed by atoms with E-state index in [1.54, 1.807) is 6.92 Å². The van der Waals surface area contributed by atoms with Crippen molar-refractivity contribution >= 4 is 27.5 Å². The normalized spacial score (nSPS) is 16.8. The lowest BCUT2D eigenvalue weighted by molar-refractivity contribution is -0.138. The van der Waals surface area contributed by atoms with Gasteiger partial charge < -0.3 is 4.90 Å². The first-order chi connectivity index (χ1) is 14.9.